The number of hydrogen-bond acceptors (Lipinski definition) is 6. The molecule has 2 aromatic carbocycles. The van der Waals surface area contributed by atoms with E-state index < -0.39 is 22.4 Å². The van der Waals surface area contributed by atoms with Crippen molar-refractivity contribution in [1.82, 2.24) is 0 Å². The second-order valence-electron chi connectivity index (χ2n) is 5.27. The number of non-ortho nitro benzene ring substituents is 1. The van der Waals surface area contributed by atoms with Crippen LogP contribution in [0.3, 0.4) is 0 Å². The Bertz CT molecular complexity index is 1120. The highest BCUT2D eigenvalue weighted by molar-refractivity contribution is 6.06. The first kappa shape index (κ1) is 16.8. The maximum atomic E-state index is 12.3. The number of carbonyl (C=O) groups excluding carboxylic acids is 1. The van der Waals surface area contributed by atoms with Crippen molar-refractivity contribution < 1.29 is 24.0 Å². The number of nitro groups is 1. The number of benzene rings is 2. The van der Waals surface area contributed by atoms with E-state index in [4.69, 9.17) is 9.52 Å². The molecule has 1 amide bonds. The molecular weight excluding hydrogens is 344 g/mol. The monoisotopic (exact) mass is 354 g/mol. The summed E-state index contributed by atoms with van der Waals surface area (Å²) in [6.45, 7) is 0. The molecule has 0 aliphatic heterocycles. The molecule has 9 nitrogen and oxygen atoms in total. The maximum Gasteiger partial charge on any atom is 0.349 e. The summed E-state index contributed by atoms with van der Waals surface area (Å²) in [6.07, 6.45) is 0. The van der Waals surface area contributed by atoms with Gasteiger partial charge in [0.2, 0.25) is 0 Å². The summed E-state index contributed by atoms with van der Waals surface area (Å²) in [6, 6.07) is 10.3. The van der Waals surface area contributed by atoms with Gasteiger partial charge in [-0.3, -0.25) is 14.9 Å². The highest BCUT2D eigenvalue weighted by Crippen LogP contribution is 2.21. The standard InChI is InChI=1S/C17H10N2O7/c20-15(18-11-3-1-2-9(6-11)16(21)22)13-8-10-7-12(19(24)25)4-5-14(10)26-17(13)23/h1-8H,(H,18,20)(H,21,22). The summed E-state index contributed by atoms with van der Waals surface area (Å²) in [7, 11) is 0. The number of nitrogens with zero attached hydrogens (tertiary/aromatic N) is 1. The Labute approximate surface area is 144 Å². The number of nitrogens with one attached hydrogen (secondary N) is 1. The minimum absolute atomic E-state index is 0.0380. The third-order valence-electron chi connectivity index (χ3n) is 3.54. The summed E-state index contributed by atoms with van der Waals surface area (Å²) in [5.74, 6) is -1.99. The van der Waals surface area contributed by atoms with E-state index in [1.807, 2.05) is 0 Å². The third kappa shape index (κ3) is 3.26. The van der Waals surface area contributed by atoms with E-state index in [1.54, 1.807) is 0 Å². The normalized spacial score (nSPS) is 10.5. The Morgan fingerprint density at radius 1 is 1.12 bits per heavy atom. The molecule has 3 rings (SSSR count). The van der Waals surface area contributed by atoms with E-state index in [9.17, 15) is 24.5 Å². The summed E-state index contributed by atoms with van der Waals surface area (Å²) in [5.41, 5.74) is -1.26. The van der Waals surface area contributed by atoms with Crippen molar-refractivity contribution in [3.8, 4) is 0 Å². The van der Waals surface area contributed by atoms with E-state index in [0.29, 0.717) is 0 Å². The van der Waals surface area contributed by atoms with Crippen LogP contribution in [0.2, 0.25) is 0 Å². The second kappa shape index (κ2) is 6.48. The molecule has 0 unspecified atom stereocenters. The average molecular weight is 354 g/mol. The van der Waals surface area contributed by atoms with Crippen LogP contribution in [0.15, 0.2) is 57.7 Å². The van der Waals surface area contributed by atoms with Gasteiger partial charge in [0, 0.05) is 23.2 Å². The van der Waals surface area contributed by atoms with Gasteiger partial charge in [-0.1, -0.05) is 6.07 Å². The fourth-order valence-electron chi connectivity index (χ4n) is 2.31. The Balaban J connectivity index is 1.98. The average Bonchev–Trinajstić information content (AvgIpc) is 2.60. The largest absolute Gasteiger partial charge is 0.478 e. The first-order chi connectivity index (χ1) is 12.3. The van der Waals surface area contributed by atoms with Gasteiger partial charge in [0.05, 0.1) is 10.5 Å². The van der Waals surface area contributed by atoms with E-state index in [0.717, 1.165) is 0 Å². The maximum absolute atomic E-state index is 12.3. The first-order valence-corrected chi connectivity index (χ1v) is 7.22. The van der Waals surface area contributed by atoms with Crippen LogP contribution in [-0.2, 0) is 0 Å². The number of carbonyl (C=O) groups is 2. The van der Waals surface area contributed by atoms with Crippen LogP contribution in [-0.4, -0.2) is 21.9 Å². The number of carboxylic acid groups (broad SMARTS) is 1. The lowest BCUT2D eigenvalue weighted by molar-refractivity contribution is -0.384. The summed E-state index contributed by atoms with van der Waals surface area (Å²) in [5, 5.41) is 22.4. The van der Waals surface area contributed by atoms with Crippen molar-refractivity contribution in [2.24, 2.45) is 0 Å². The SMILES string of the molecule is O=C(O)c1cccc(NC(=O)c2cc3cc([N+](=O)[O-])ccc3oc2=O)c1. The van der Waals surface area contributed by atoms with Crippen LogP contribution >= 0.6 is 0 Å². The lowest BCUT2D eigenvalue weighted by atomic mass is 10.1. The molecule has 26 heavy (non-hydrogen) atoms. The molecule has 1 heterocycles. The molecule has 0 radical (unpaired) electrons. The van der Waals surface area contributed by atoms with Crippen LogP contribution < -0.4 is 10.9 Å². The zero-order valence-corrected chi connectivity index (χ0v) is 13.0. The van der Waals surface area contributed by atoms with E-state index in [-0.39, 0.29) is 33.5 Å². The quantitative estimate of drug-likeness (QED) is 0.417. The molecule has 0 atom stereocenters. The smallest absolute Gasteiger partial charge is 0.349 e. The lowest BCUT2D eigenvalue weighted by Gasteiger charge is -2.06. The Morgan fingerprint density at radius 3 is 2.58 bits per heavy atom. The minimum Gasteiger partial charge on any atom is -0.478 e. The van der Waals surface area contributed by atoms with Gasteiger partial charge >= 0.3 is 11.6 Å². The summed E-state index contributed by atoms with van der Waals surface area (Å²) in [4.78, 5) is 45.5. The van der Waals surface area contributed by atoms with Crippen molar-refractivity contribution in [1.29, 1.82) is 0 Å². The number of aromatic carboxylic acids is 1. The Morgan fingerprint density at radius 2 is 1.88 bits per heavy atom. The number of nitro benzene ring substituents is 1. The van der Waals surface area contributed by atoms with Crippen LogP contribution in [0.4, 0.5) is 11.4 Å². The first-order valence-electron chi connectivity index (χ1n) is 7.22. The second-order valence-corrected chi connectivity index (χ2v) is 5.27. The van der Waals surface area contributed by atoms with Gasteiger partial charge in [-0.2, -0.15) is 0 Å². The van der Waals surface area contributed by atoms with Crippen molar-refractivity contribution in [3.63, 3.8) is 0 Å². The molecular formula is C17H10N2O7. The predicted molar refractivity (Wildman–Crippen MR) is 90.5 cm³/mol. The molecule has 0 spiro atoms. The fourth-order valence-corrected chi connectivity index (χ4v) is 2.31. The number of hydrogen-bond donors (Lipinski definition) is 2. The van der Waals surface area contributed by atoms with Gasteiger partial charge in [0.1, 0.15) is 11.1 Å². The number of carboxylic acids is 1. The molecule has 2 N–H and O–H groups in total. The fraction of sp³-hybridized carbons (Fsp3) is 0. The highest BCUT2D eigenvalue weighted by atomic mass is 16.6. The molecule has 0 saturated carbocycles. The number of rotatable bonds is 4. The highest BCUT2D eigenvalue weighted by Gasteiger charge is 2.16. The van der Waals surface area contributed by atoms with E-state index >= 15 is 0 Å². The van der Waals surface area contributed by atoms with Crippen molar-refractivity contribution in [2.75, 3.05) is 5.32 Å². The molecule has 3 aromatic rings. The number of anilines is 1. The van der Waals surface area contributed by atoms with Crippen molar-refractivity contribution in [2.45, 2.75) is 0 Å². The van der Waals surface area contributed by atoms with E-state index in [1.165, 1.54) is 48.5 Å². The molecule has 0 aliphatic rings. The summed E-state index contributed by atoms with van der Waals surface area (Å²) >= 11 is 0. The van der Waals surface area contributed by atoms with Crippen LogP contribution in [0.5, 0.6) is 0 Å². The van der Waals surface area contributed by atoms with Crippen molar-refractivity contribution in [3.05, 3.63) is 80.2 Å². The third-order valence-corrected chi connectivity index (χ3v) is 3.54. The van der Waals surface area contributed by atoms with Gasteiger partial charge in [0.25, 0.3) is 11.6 Å². The lowest BCUT2D eigenvalue weighted by Crippen LogP contribution is -2.20. The van der Waals surface area contributed by atoms with Crippen LogP contribution in [0, 0.1) is 10.1 Å². The molecule has 1 aromatic heterocycles. The van der Waals surface area contributed by atoms with Gasteiger partial charge < -0.3 is 14.8 Å². The molecule has 130 valence electrons. The van der Waals surface area contributed by atoms with Gasteiger partial charge in [-0.05, 0) is 30.3 Å². The van der Waals surface area contributed by atoms with Crippen LogP contribution in [0.1, 0.15) is 20.7 Å². The minimum atomic E-state index is -1.17. The van der Waals surface area contributed by atoms with E-state index in [2.05, 4.69) is 5.32 Å². The molecule has 0 bridgehead atoms. The zero-order valence-electron chi connectivity index (χ0n) is 13.0. The predicted octanol–water partition coefficient (Wildman–Crippen LogP) is 2.65. The number of amides is 1. The molecule has 9 heteroatoms. The molecule has 0 saturated heterocycles. The van der Waals surface area contributed by atoms with Crippen molar-refractivity contribution >= 4 is 34.2 Å². The Kier molecular flexibility index (Phi) is 4.19. The Hall–Kier alpha value is -4.01. The topological polar surface area (TPSA) is 140 Å². The molecule has 0 aliphatic carbocycles. The van der Waals surface area contributed by atoms with Gasteiger partial charge in [-0.25, -0.2) is 9.59 Å². The van der Waals surface area contributed by atoms with Gasteiger partial charge in [0.15, 0.2) is 0 Å². The summed E-state index contributed by atoms with van der Waals surface area (Å²) < 4.78 is 5.02. The zero-order chi connectivity index (χ0) is 18.8. The number of fused-ring (bicyclic) bond motifs is 1. The van der Waals surface area contributed by atoms with Gasteiger partial charge in [-0.15, -0.1) is 0 Å². The van der Waals surface area contributed by atoms with Crippen LogP contribution in [0.25, 0.3) is 11.0 Å². The molecule has 0 fully saturated rings.